The Hall–Kier alpha value is -2.03. The van der Waals surface area contributed by atoms with Crippen LogP contribution in [0.3, 0.4) is 0 Å². The number of carbonyl (C=O) groups is 1. The van der Waals surface area contributed by atoms with Gasteiger partial charge in [-0.15, -0.1) is 0 Å². The minimum Gasteiger partial charge on any atom is -0.496 e. The molecule has 0 unspecified atom stereocenters. The fourth-order valence-electron chi connectivity index (χ4n) is 1.63. The first-order chi connectivity index (χ1) is 8.84. The van der Waals surface area contributed by atoms with Crippen LogP contribution in [-0.2, 0) is 10.2 Å². The van der Waals surface area contributed by atoms with Crippen LogP contribution >= 0.6 is 0 Å². The molecular formula is C16H20O3. The molecule has 0 atom stereocenters. The summed E-state index contributed by atoms with van der Waals surface area (Å²) < 4.78 is 5.30. The van der Waals surface area contributed by atoms with E-state index in [2.05, 4.69) is 26.8 Å². The average molecular weight is 260 g/mol. The van der Waals surface area contributed by atoms with Crippen molar-refractivity contribution < 1.29 is 14.6 Å². The minimum atomic E-state index is -0.958. The summed E-state index contributed by atoms with van der Waals surface area (Å²) in [5.41, 5.74) is 2.20. The molecule has 3 nitrogen and oxygen atoms in total. The van der Waals surface area contributed by atoms with Crippen LogP contribution in [0.4, 0.5) is 0 Å². The fourth-order valence-corrected chi connectivity index (χ4v) is 1.63. The number of carboxylic acids is 1. The van der Waals surface area contributed by atoms with Crippen molar-refractivity contribution in [3.8, 4) is 5.75 Å². The Morgan fingerprint density at radius 3 is 2.47 bits per heavy atom. The van der Waals surface area contributed by atoms with E-state index in [0.717, 1.165) is 17.4 Å². The molecule has 0 aliphatic rings. The zero-order valence-electron chi connectivity index (χ0n) is 11.8. The number of allylic oxidation sites excluding steroid dienone is 2. The quantitative estimate of drug-likeness (QED) is 0.664. The zero-order chi connectivity index (χ0) is 14.5. The van der Waals surface area contributed by atoms with Crippen molar-refractivity contribution in [3.63, 3.8) is 0 Å². The van der Waals surface area contributed by atoms with Crippen LogP contribution in [0.1, 0.15) is 31.9 Å². The second-order valence-electron chi connectivity index (χ2n) is 5.26. The van der Waals surface area contributed by atoms with Crippen molar-refractivity contribution in [3.05, 3.63) is 47.6 Å². The Morgan fingerprint density at radius 1 is 1.26 bits per heavy atom. The molecule has 0 bridgehead atoms. The van der Waals surface area contributed by atoms with Gasteiger partial charge in [-0.05, 0) is 23.1 Å². The number of hydrogen-bond acceptors (Lipinski definition) is 2. The van der Waals surface area contributed by atoms with Gasteiger partial charge in [0.05, 0.1) is 7.11 Å². The molecule has 1 aromatic carbocycles. The first-order valence-electron chi connectivity index (χ1n) is 6.11. The summed E-state index contributed by atoms with van der Waals surface area (Å²) in [4.78, 5) is 10.4. The molecule has 1 N–H and O–H groups in total. The lowest BCUT2D eigenvalue weighted by Gasteiger charge is -2.20. The SMILES string of the molecule is COc1ccc(C(C)(C)C)cc1/C=C/C=C/C(=O)O. The van der Waals surface area contributed by atoms with Crippen LogP contribution in [0.15, 0.2) is 36.4 Å². The maximum atomic E-state index is 10.4. The molecule has 19 heavy (non-hydrogen) atoms. The molecule has 0 aliphatic carbocycles. The summed E-state index contributed by atoms with van der Waals surface area (Å²) >= 11 is 0. The first kappa shape index (κ1) is 15.0. The minimum absolute atomic E-state index is 0.0613. The summed E-state index contributed by atoms with van der Waals surface area (Å²) in [6.45, 7) is 6.44. The van der Waals surface area contributed by atoms with Crippen molar-refractivity contribution in [2.45, 2.75) is 26.2 Å². The highest BCUT2D eigenvalue weighted by Gasteiger charge is 2.14. The molecule has 0 saturated heterocycles. The Kier molecular flexibility index (Phi) is 4.93. The van der Waals surface area contributed by atoms with Gasteiger partial charge in [0, 0.05) is 11.6 Å². The topological polar surface area (TPSA) is 46.5 Å². The molecule has 0 radical (unpaired) electrons. The van der Waals surface area contributed by atoms with Gasteiger partial charge in [0.25, 0.3) is 0 Å². The Morgan fingerprint density at radius 2 is 1.95 bits per heavy atom. The third-order valence-corrected chi connectivity index (χ3v) is 2.72. The van der Waals surface area contributed by atoms with Crippen molar-refractivity contribution in [1.29, 1.82) is 0 Å². The Balaban J connectivity index is 3.06. The Bertz CT molecular complexity index is 505. The lowest BCUT2D eigenvalue weighted by atomic mass is 9.86. The standard InChI is InChI=1S/C16H20O3/c1-16(2,3)13-9-10-14(19-4)12(11-13)7-5-6-8-15(17)18/h5-11H,1-4H3,(H,17,18)/b7-5+,8-6+. The molecule has 1 rings (SSSR count). The highest BCUT2D eigenvalue weighted by molar-refractivity contribution is 5.80. The van der Waals surface area contributed by atoms with Crippen LogP contribution in [-0.4, -0.2) is 18.2 Å². The number of methoxy groups -OCH3 is 1. The molecule has 0 spiro atoms. The number of aliphatic carboxylic acids is 1. The summed E-state index contributed by atoms with van der Waals surface area (Å²) in [6.07, 6.45) is 6.12. The number of carboxylic acid groups (broad SMARTS) is 1. The molecule has 3 heteroatoms. The molecular weight excluding hydrogens is 240 g/mol. The summed E-state index contributed by atoms with van der Waals surface area (Å²) in [5.74, 6) is -0.187. The molecule has 0 heterocycles. The average Bonchev–Trinajstić information content (AvgIpc) is 2.33. The highest BCUT2D eigenvalue weighted by Crippen LogP contribution is 2.28. The third-order valence-electron chi connectivity index (χ3n) is 2.72. The third kappa shape index (κ3) is 4.62. The van der Waals surface area contributed by atoms with Gasteiger partial charge in [0.15, 0.2) is 0 Å². The van der Waals surface area contributed by atoms with E-state index in [1.165, 1.54) is 11.6 Å². The van der Waals surface area contributed by atoms with Gasteiger partial charge < -0.3 is 9.84 Å². The van der Waals surface area contributed by atoms with Crippen LogP contribution in [0, 0.1) is 0 Å². The van der Waals surface area contributed by atoms with Gasteiger partial charge in [-0.2, -0.15) is 0 Å². The summed E-state index contributed by atoms with van der Waals surface area (Å²) in [7, 11) is 1.62. The van der Waals surface area contributed by atoms with Crippen molar-refractivity contribution >= 4 is 12.0 Å². The van der Waals surface area contributed by atoms with Gasteiger partial charge in [0.1, 0.15) is 5.75 Å². The summed E-state index contributed by atoms with van der Waals surface area (Å²) in [5, 5.41) is 8.52. The number of rotatable bonds is 4. The monoisotopic (exact) mass is 260 g/mol. The molecule has 102 valence electrons. The van der Waals surface area contributed by atoms with E-state index < -0.39 is 5.97 Å². The largest absolute Gasteiger partial charge is 0.496 e. The second kappa shape index (κ2) is 6.23. The normalized spacial score (nSPS) is 12.2. The first-order valence-corrected chi connectivity index (χ1v) is 6.11. The van der Waals surface area contributed by atoms with E-state index in [4.69, 9.17) is 9.84 Å². The van der Waals surface area contributed by atoms with Gasteiger partial charge in [-0.3, -0.25) is 0 Å². The maximum absolute atomic E-state index is 10.4. The molecule has 1 aromatic rings. The van der Waals surface area contributed by atoms with E-state index >= 15 is 0 Å². The van der Waals surface area contributed by atoms with E-state index in [1.54, 1.807) is 13.2 Å². The summed E-state index contributed by atoms with van der Waals surface area (Å²) in [6, 6.07) is 6.04. The van der Waals surface area contributed by atoms with Crippen LogP contribution < -0.4 is 4.74 Å². The van der Waals surface area contributed by atoms with Crippen LogP contribution in [0.25, 0.3) is 6.08 Å². The molecule has 0 aromatic heterocycles. The fraction of sp³-hybridized carbons (Fsp3) is 0.312. The highest BCUT2D eigenvalue weighted by atomic mass is 16.5. The Labute approximate surface area is 114 Å². The molecule has 0 amide bonds. The predicted molar refractivity (Wildman–Crippen MR) is 77.5 cm³/mol. The number of ether oxygens (including phenoxy) is 1. The van der Waals surface area contributed by atoms with Crippen LogP contribution in [0.2, 0.25) is 0 Å². The van der Waals surface area contributed by atoms with E-state index in [-0.39, 0.29) is 5.41 Å². The van der Waals surface area contributed by atoms with Gasteiger partial charge in [-0.25, -0.2) is 4.79 Å². The lowest BCUT2D eigenvalue weighted by Crippen LogP contribution is -2.11. The lowest BCUT2D eigenvalue weighted by molar-refractivity contribution is -0.131. The van der Waals surface area contributed by atoms with Gasteiger partial charge in [-0.1, -0.05) is 45.1 Å². The van der Waals surface area contributed by atoms with Gasteiger partial charge >= 0.3 is 5.97 Å². The molecule has 0 saturated carbocycles. The van der Waals surface area contributed by atoms with E-state index in [9.17, 15) is 4.79 Å². The van der Waals surface area contributed by atoms with Gasteiger partial charge in [0.2, 0.25) is 0 Å². The number of benzene rings is 1. The maximum Gasteiger partial charge on any atom is 0.328 e. The van der Waals surface area contributed by atoms with E-state index in [0.29, 0.717) is 0 Å². The van der Waals surface area contributed by atoms with Crippen molar-refractivity contribution in [2.75, 3.05) is 7.11 Å². The number of hydrogen-bond donors (Lipinski definition) is 1. The smallest absolute Gasteiger partial charge is 0.328 e. The molecule has 0 fully saturated rings. The molecule has 0 aliphatic heterocycles. The predicted octanol–water partition coefficient (Wildman–Crippen LogP) is 3.65. The van der Waals surface area contributed by atoms with Crippen molar-refractivity contribution in [1.82, 2.24) is 0 Å². The zero-order valence-corrected chi connectivity index (χ0v) is 11.8. The second-order valence-corrected chi connectivity index (χ2v) is 5.26. The van der Waals surface area contributed by atoms with Crippen molar-refractivity contribution in [2.24, 2.45) is 0 Å². The van der Waals surface area contributed by atoms with E-state index in [1.807, 2.05) is 18.2 Å². The van der Waals surface area contributed by atoms with Crippen LogP contribution in [0.5, 0.6) is 5.75 Å².